The molecule has 2 aromatic heterocycles. The van der Waals surface area contributed by atoms with E-state index >= 15 is 0 Å². The van der Waals surface area contributed by atoms with Crippen molar-refractivity contribution < 1.29 is 9.66 Å². The molecular formula is C18H20N6O3. The molecule has 27 heavy (non-hydrogen) atoms. The molecule has 3 aromatic rings. The number of ether oxygens (including phenoxy) is 1. The van der Waals surface area contributed by atoms with Gasteiger partial charge in [-0.2, -0.15) is 0 Å². The van der Waals surface area contributed by atoms with Gasteiger partial charge in [0.2, 0.25) is 11.6 Å². The Morgan fingerprint density at radius 1 is 1.19 bits per heavy atom. The SMILES string of the molecule is COCCCNc1ncnc(Nc2cccc3nc(C)ccc23)c1[N+](=O)[O-]. The van der Waals surface area contributed by atoms with Crippen LogP contribution in [-0.4, -0.2) is 40.1 Å². The molecule has 0 aliphatic rings. The van der Waals surface area contributed by atoms with E-state index in [4.69, 9.17) is 4.74 Å². The number of benzene rings is 1. The zero-order valence-electron chi connectivity index (χ0n) is 15.1. The van der Waals surface area contributed by atoms with Crippen LogP contribution >= 0.6 is 0 Å². The predicted molar refractivity (Wildman–Crippen MR) is 103 cm³/mol. The predicted octanol–water partition coefficient (Wildman–Crippen LogP) is 3.43. The molecule has 140 valence electrons. The van der Waals surface area contributed by atoms with E-state index in [1.54, 1.807) is 7.11 Å². The Balaban J connectivity index is 1.94. The first-order valence-corrected chi connectivity index (χ1v) is 8.45. The second kappa shape index (κ2) is 8.37. The number of rotatable bonds is 8. The molecule has 1 aromatic carbocycles. The number of nitro groups is 1. The number of methoxy groups -OCH3 is 1. The third-order valence-corrected chi connectivity index (χ3v) is 3.95. The maximum absolute atomic E-state index is 11.6. The Kier molecular flexibility index (Phi) is 5.72. The highest BCUT2D eigenvalue weighted by Crippen LogP contribution is 2.33. The number of aromatic nitrogens is 3. The van der Waals surface area contributed by atoms with Gasteiger partial charge in [-0.1, -0.05) is 6.07 Å². The molecule has 0 saturated heterocycles. The van der Waals surface area contributed by atoms with Crippen molar-refractivity contribution in [2.75, 3.05) is 30.9 Å². The van der Waals surface area contributed by atoms with Crippen LogP contribution in [0.4, 0.5) is 23.0 Å². The minimum Gasteiger partial charge on any atom is -0.385 e. The number of pyridine rings is 1. The molecule has 9 heteroatoms. The van der Waals surface area contributed by atoms with Crippen molar-refractivity contribution in [3.05, 3.63) is 52.5 Å². The van der Waals surface area contributed by atoms with Gasteiger partial charge in [-0.05, 0) is 37.6 Å². The Morgan fingerprint density at radius 2 is 2.00 bits per heavy atom. The lowest BCUT2D eigenvalue weighted by molar-refractivity contribution is -0.383. The Bertz CT molecular complexity index is 963. The second-order valence-electron chi connectivity index (χ2n) is 5.90. The number of nitrogens with one attached hydrogen (secondary N) is 2. The summed E-state index contributed by atoms with van der Waals surface area (Å²) in [5.41, 5.74) is 2.18. The Labute approximate surface area is 156 Å². The molecule has 0 saturated carbocycles. The molecule has 0 aliphatic heterocycles. The molecule has 0 bridgehead atoms. The summed E-state index contributed by atoms with van der Waals surface area (Å²) < 4.78 is 4.98. The van der Waals surface area contributed by atoms with Crippen LogP contribution in [0.25, 0.3) is 10.9 Å². The molecule has 2 heterocycles. The number of nitrogens with zero attached hydrogens (tertiary/aromatic N) is 4. The van der Waals surface area contributed by atoms with E-state index in [-0.39, 0.29) is 17.3 Å². The van der Waals surface area contributed by atoms with Gasteiger partial charge in [-0.3, -0.25) is 15.1 Å². The van der Waals surface area contributed by atoms with Gasteiger partial charge in [-0.25, -0.2) is 9.97 Å². The first-order valence-electron chi connectivity index (χ1n) is 8.45. The molecule has 0 unspecified atom stereocenters. The fraction of sp³-hybridized carbons (Fsp3) is 0.278. The molecule has 0 fully saturated rings. The van der Waals surface area contributed by atoms with Crippen LogP contribution < -0.4 is 10.6 Å². The molecule has 0 radical (unpaired) electrons. The van der Waals surface area contributed by atoms with Crippen LogP contribution in [0.5, 0.6) is 0 Å². The summed E-state index contributed by atoms with van der Waals surface area (Å²) in [5.74, 6) is 0.292. The molecular weight excluding hydrogens is 348 g/mol. The number of hydrogen-bond acceptors (Lipinski definition) is 8. The highest BCUT2D eigenvalue weighted by atomic mass is 16.6. The van der Waals surface area contributed by atoms with Gasteiger partial charge < -0.3 is 15.4 Å². The van der Waals surface area contributed by atoms with Crippen LogP contribution in [0.1, 0.15) is 12.1 Å². The number of anilines is 3. The van der Waals surface area contributed by atoms with Crippen LogP contribution in [0, 0.1) is 17.0 Å². The standard InChI is InChI=1S/C18H20N6O3/c1-12-7-8-13-14(22-12)5-3-6-15(13)23-18-16(24(25)26)17(20-11-21-18)19-9-4-10-27-2/h3,5-8,11H,4,9-10H2,1-2H3,(H2,19,20,21,23). The van der Waals surface area contributed by atoms with Crippen LogP contribution in [0.15, 0.2) is 36.7 Å². The van der Waals surface area contributed by atoms with E-state index in [0.717, 1.165) is 16.6 Å². The van der Waals surface area contributed by atoms with E-state index in [0.29, 0.717) is 25.3 Å². The normalized spacial score (nSPS) is 10.7. The van der Waals surface area contributed by atoms with Gasteiger partial charge in [0.05, 0.1) is 10.4 Å². The van der Waals surface area contributed by atoms with Gasteiger partial charge in [-0.15, -0.1) is 0 Å². The Hall–Kier alpha value is -3.33. The van der Waals surface area contributed by atoms with Crippen LogP contribution in [0.3, 0.4) is 0 Å². The lowest BCUT2D eigenvalue weighted by Crippen LogP contribution is -2.10. The van der Waals surface area contributed by atoms with Gasteiger partial charge in [0, 0.05) is 37.0 Å². The van der Waals surface area contributed by atoms with Gasteiger partial charge >= 0.3 is 5.69 Å². The van der Waals surface area contributed by atoms with E-state index in [1.165, 1.54) is 6.33 Å². The topological polar surface area (TPSA) is 115 Å². The van der Waals surface area contributed by atoms with Crippen LogP contribution in [0.2, 0.25) is 0 Å². The third-order valence-electron chi connectivity index (χ3n) is 3.95. The van der Waals surface area contributed by atoms with Crippen molar-refractivity contribution in [3.8, 4) is 0 Å². The highest BCUT2D eigenvalue weighted by molar-refractivity contribution is 5.94. The fourth-order valence-corrected chi connectivity index (χ4v) is 2.69. The summed E-state index contributed by atoms with van der Waals surface area (Å²) in [6.07, 6.45) is 2.00. The number of aryl methyl sites for hydroxylation is 1. The maximum Gasteiger partial charge on any atom is 0.353 e. The number of fused-ring (bicyclic) bond motifs is 1. The van der Waals surface area contributed by atoms with Gasteiger partial charge in [0.25, 0.3) is 0 Å². The van der Waals surface area contributed by atoms with E-state index < -0.39 is 4.92 Å². The summed E-state index contributed by atoms with van der Waals surface area (Å²) in [4.78, 5) is 23.7. The van der Waals surface area contributed by atoms with E-state index in [2.05, 4.69) is 25.6 Å². The summed E-state index contributed by atoms with van der Waals surface area (Å²) in [6.45, 7) is 2.97. The molecule has 0 atom stereocenters. The highest BCUT2D eigenvalue weighted by Gasteiger charge is 2.23. The zero-order valence-corrected chi connectivity index (χ0v) is 15.1. The monoisotopic (exact) mass is 368 g/mol. The van der Waals surface area contributed by atoms with Crippen molar-refractivity contribution in [2.45, 2.75) is 13.3 Å². The Morgan fingerprint density at radius 3 is 2.78 bits per heavy atom. The van der Waals surface area contributed by atoms with Gasteiger partial charge in [0.1, 0.15) is 6.33 Å². The summed E-state index contributed by atoms with van der Waals surface area (Å²) in [7, 11) is 1.61. The number of hydrogen-bond donors (Lipinski definition) is 2. The first-order chi connectivity index (χ1) is 13.1. The molecule has 0 spiro atoms. The largest absolute Gasteiger partial charge is 0.385 e. The average Bonchev–Trinajstić information content (AvgIpc) is 2.65. The smallest absolute Gasteiger partial charge is 0.353 e. The van der Waals surface area contributed by atoms with Crippen molar-refractivity contribution in [1.29, 1.82) is 0 Å². The van der Waals surface area contributed by atoms with Crippen molar-refractivity contribution in [2.24, 2.45) is 0 Å². The molecule has 0 amide bonds. The summed E-state index contributed by atoms with van der Waals surface area (Å²) in [5, 5.41) is 18.5. The average molecular weight is 368 g/mol. The second-order valence-corrected chi connectivity index (χ2v) is 5.90. The minimum atomic E-state index is -0.492. The molecule has 2 N–H and O–H groups in total. The van der Waals surface area contributed by atoms with Crippen molar-refractivity contribution in [3.63, 3.8) is 0 Å². The van der Waals surface area contributed by atoms with Gasteiger partial charge in [0.15, 0.2) is 0 Å². The van der Waals surface area contributed by atoms with E-state index in [1.807, 2.05) is 37.3 Å². The molecule has 9 nitrogen and oxygen atoms in total. The lowest BCUT2D eigenvalue weighted by atomic mass is 10.1. The summed E-state index contributed by atoms with van der Waals surface area (Å²) in [6, 6.07) is 9.39. The van der Waals surface area contributed by atoms with Crippen molar-refractivity contribution in [1.82, 2.24) is 15.0 Å². The molecule has 0 aliphatic carbocycles. The molecule has 3 rings (SSSR count). The fourth-order valence-electron chi connectivity index (χ4n) is 2.69. The lowest BCUT2D eigenvalue weighted by Gasteiger charge is -2.11. The minimum absolute atomic E-state index is 0.123. The third kappa shape index (κ3) is 4.26. The quantitative estimate of drug-likeness (QED) is 0.353. The van der Waals surface area contributed by atoms with Crippen LogP contribution in [-0.2, 0) is 4.74 Å². The van der Waals surface area contributed by atoms with E-state index in [9.17, 15) is 10.1 Å². The zero-order chi connectivity index (χ0) is 19.2. The maximum atomic E-state index is 11.6. The first kappa shape index (κ1) is 18.5. The summed E-state index contributed by atoms with van der Waals surface area (Å²) >= 11 is 0. The van der Waals surface area contributed by atoms with Crippen molar-refractivity contribution >= 4 is 33.9 Å².